The van der Waals surface area contributed by atoms with Crippen LogP contribution in [0.2, 0.25) is 0 Å². The summed E-state index contributed by atoms with van der Waals surface area (Å²) in [5.74, 6) is 11.9. The van der Waals surface area contributed by atoms with E-state index in [9.17, 15) is 9.13 Å². The quantitative estimate of drug-likeness (QED) is 0.194. The van der Waals surface area contributed by atoms with E-state index in [4.69, 9.17) is 9.47 Å². The minimum Gasteiger partial charge on any atom is -0.353 e. The number of hydrogen-bond acceptors (Lipinski definition) is 4. The predicted octanol–water partition coefficient (Wildman–Crippen LogP) is 5.75. The molecule has 0 spiro atoms. The fourth-order valence-corrected chi connectivity index (χ4v) is 8.20. The number of ether oxygens (including phenoxy) is 2. The Balaban J connectivity index is 1.33. The van der Waals surface area contributed by atoms with Crippen LogP contribution in [0, 0.1) is 35.0 Å². The van der Waals surface area contributed by atoms with Crippen molar-refractivity contribution in [2.45, 2.75) is 26.1 Å². The van der Waals surface area contributed by atoms with E-state index in [1.807, 2.05) is 121 Å². The van der Waals surface area contributed by atoms with Gasteiger partial charge in [-0.3, -0.25) is 9.13 Å². The zero-order chi connectivity index (χ0) is 29.7. The van der Waals surface area contributed by atoms with Crippen molar-refractivity contribution >= 4 is 35.5 Å². The lowest BCUT2D eigenvalue weighted by Gasteiger charge is -2.13. The maximum atomic E-state index is 14.0. The van der Waals surface area contributed by atoms with Crippen LogP contribution in [0.3, 0.4) is 0 Å². The van der Waals surface area contributed by atoms with Crippen LogP contribution in [0.25, 0.3) is 0 Å². The third-order valence-corrected chi connectivity index (χ3v) is 11.3. The molecule has 4 aromatic rings. The number of hydrogen-bond donors (Lipinski definition) is 0. The minimum atomic E-state index is -3.13. The molecule has 0 aromatic heterocycles. The molecule has 42 heavy (non-hydrogen) atoms. The highest BCUT2D eigenvalue weighted by atomic mass is 31.2. The van der Waals surface area contributed by atoms with Gasteiger partial charge in [-0.25, -0.2) is 0 Å². The summed E-state index contributed by atoms with van der Waals surface area (Å²) >= 11 is 0. The van der Waals surface area contributed by atoms with Gasteiger partial charge >= 0.3 is 0 Å². The lowest BCUT2D eigenvalue weighted by molar-refractivity contribution is 0.129. The van der Waals surface area contributed by atoms with E-state index in [1.54, 1.807) is 13.8 Å². The van der Waals surface area contributed by atoms with Crippen molar-refractivity contribution in [1.29, 1.82) is 0 Å². The molecule has 210 valence electrons. The zero-order valence-corrected chi connectivity index (χ0v) is 25.4. The molecule has 0 aliphatic carbocycles. The Kier molecular flexibility index (Phi) is 11.2. The molecule has 0 saturated heterocycles. The highest BCUT2D eigenvalue weighted by Crippen LogP contribution is 2.42. The lowest BCUT2D eigenvalue weighted by Crippen LogP contribution is -2.15. The van der Waals surface area contributed by atoms with Crippen LogP contribution >= 0.6 is 14.3 Å². The zero-order valence-electron chi connectivity index (χ0n) is 23.6. The molecule has 0 amide bonds. The Hall–Kier alpha value is -4.06. The van der Waals surface area contributed by atoms with Crippen LogP contribution in [0.15, 0.2) is 121 Å². The molecule has 6 heteroatoms. The maximum Gasteiger partial charge on any atom is 0.210 e. The van der Waals surface area contributed by atoms with Crippen molar-refractivity contribution in [3.05, 3.63) is 121 Å². The summed E-state index contributed by atoms with van der Waals surface area (Å²) in [6.07, 6.45) is -0.924. The third-order valence-electron chi connectivity index (χ3n) is 6.27. The summed E-state index contributed by atoms with van der Waals surface area (Å²) in [6.45, 7) is 3.91. The molecule has 0 aliphatic heterocycles. The molecule has 2 unspecified atom stereocenters. The van der Waals surface area contributed by atoms with Crippen molar-refractivity contribution in [2.75, 3.05) is 13.2 Å². The second kappa shape index (κ2) is 15.2. The van der Waals surface area contributed by atoms with Crippen LogP contribution < -0.4 is 21.2 Å². The smallest absolute Gasteiger partial charge is 0.210 e. The fourth-order valence-electron chi connectivity index (χ4n) is 3.99. The fraction of sp³-hybridized carbons (Fsp3) is 0.167. The molecule has 4 nitrogen and oxygen atoms in total. The topological polar surface area (TPSA) is 52.6 Å². The third kappa shape index (κ3) is 8.25. The molecule has 4 rings (SSSR count). The van der Waals surface area contributed by atoms with Crippen LogP contribution in [0.5, 0.6) is 0 Å². The van der Waals surface area contributed by atoms with Crippen molar-refractivity contribution in [1.82, 2.24) is 0 Å². The first-order valence-electron chi connectivity index (χ1n) is 13.6. The van der Waals surface area contributed by atoms with Gasteiger partial charge < -0.3 is 9.47 Å². The van der Waals surface area contributed by atoms with Crippen molar-refractivity contribution in [3.63, 3.8) is 0 Å². The monoisotopic (exact) mass is 590 g/mol. The summed E-state index contributed by atoms with van der Waals surface area (Å²) in [6, 6.07) is 37.2. The van der Waals surface area contributed by atoms with Crippen LogP contribution in [0.1, 0.15) is 13.8 Å². The van der Waals surface area contributed by atoms with Gasteiger partial charge in [-0.1, -0.05) is 145 Å². The van der Waals surface area contributed by atoms with Crippen LogP contribution in [-0.2, 0) is 18.6 Å². The molecule has 0 heterocycles. The Morgan fingerprint density at radius 1 is 0.500 bits per heavy atom. The molecule has 0 fully saturated rings. The Labute approximate surface area is 249 Å². The van der Waals surface area contributed by atoms with E-state index in [1.165, 1.54) is 0 Å². The normalized spacial score (nSPS) is 12.3. The van der Waals surface area contributed by atoms with E-state index in [0.717, 1.165) is 0 Å². The Bertz CT molecular complexity index is 1500. The van der Waals surface area contributed by atoms with E-state index < -0.39 is 26.5 Å². The van der Waals surface area contributed by atoms with Crippen molar-refractivity contribution in [2.24, 2.45) is 0 Å². The van der Waals surface area contributed by atoms with Crippen molar-refractivity contribution < 1.29 is 18.6 Å². The first-order chi connectivity index (χ1) is 20.4. The molecular formula is C36H32O4P2. The van der Waals surface area contributed by atoms with Gasteiger partial charge in [0.15, 0.2) is 0 Å². The van der Waals surface area contributed by atoms with Gasteiger partial charge in [0.05, 0.1) is 0 Å². The highest BCUT2D eigenvalue weighted by Gasteiger charge is 2.25. The summed E-state index contributed by atoms with van der Waals surface area (Å²) in [5, 5.41) is 2.76. The highest BCUT2D eigenvalue weighted by molar-refractivity contribution is 7.83. The predicted molar refractivity (Wildman–Crippen MR) is 174 cm³/mol. The van der Waals surface area contributed by atoms with Gasteiger partial charge in [-0.2, -0.15) is 0 Å². The molecule has 0 N–H and O–H groups in total. The van der Waals surface area contributed by atoms with Crippen molar-refractivity contribution in [3.8, 4) is 35.0 Å². The second-order valence-electron chi connectivity index (χ2n) is 9.33. The average molecular weight is 591 g/mol. The van der Waals surface area contributed by atoms with Gasteiger partial charge in [0.2, 0.25) is 14.3 Å². The minimum absolute atomic E-state index is 0.150. The maximum absolute atomic E-state index is 14.0. The molecule has 0 aliphatic rings. The van der Waals surface area contributed by atoms with Gasteiger partial charge in [0, 0.05) is 21.2 Å². The van der Waals surface area contributed by atoms with E-state index >= 15 is 0 Å². The summed E-state index contributed by atoms with van der Waals surface area (Å²) in [4.78, 5) is 0. The van der Waals surface area contributed by atoms with Gasteiger partial charge in [0.1, 0.15) is 25.4 Å². The summed E-state index contributed by atoms with van der Waals surface area (Å²) in [7, 11) is -6.25. The van der Waals surface area contributed by atoms with Gasteiger partial charge in [-0.15, -0.1) is 0 Å². The largest absolute Gasteiger partial charge is 0.353 e. The molecule has 0 radical (unpaired) electrons. The van der Waals surface area contributed by atoms with Crippen LogP contribution in [0.4, 0.5) is 0 Å². The molecule has 0 bridgehead atoms. The number of rotatable bonds is 8. The Morgan fingerprint density at radius 2 is 0.762 bits per heavy atom. The van der Waals surface area contributed by atoms with E-state index in [2.05, 4.69) is 35.0 Å². The SMILES string of the molecule is CC(C#CP(=O)(c1ccccc1)c1ccccc1)OCC#CCOC(C)C#CP(=O)(c1ccccc1)c1ccccc1. The van der Waals surface area contributed by atoms with Gasteiger partial charge in [0.25, 0.3) is 0 Å². The summed E-state index contributed by atoms with van der Waals surface area (Å²) < 4.78 is 39.4. The van der Waals surface area contributed by atoms with E-state index in [-0.39, 0.29) is 13.2 Å². The average Bonchev–Trinajstić information content (AvgIpc) is 3.05. The Morgan fingerprint density at radius 3 is 1.02 bits per heavy atom. The molecular weight excluding hydrogens is 558 g/mol. The second-order valence-corrected chi connectivity index (χ2v) is 14.3. The first kappa shape index (κ1) is 30.9. The van der Waals surface area contributed by atoms with Gasteiger partial charge in [-0.05, 0) is 25.2 Å². The summed E-state index contributed by atoms with van der Waals surface area (Å²) in [5.41, 5.74) is 6.03. The molecule has 4 aromatic carbocycles. The van der Waals surface area contributed by atoms with E-state index in [0.29, 0.717) is 21.2 Å². The first-order valence-corrected chi connectivity index (χ1v) is 17.0. The molecule has 2 atom stereocenters. The molecule has 0 saturated carbocycles. The standard InChI is InChI=1S/C36H32O4P2/c1-31(25-29-41(37,33-17-7-3-8-18-33)34-19-9-4-10-20-34)39-27-15-16-28-40-32(2)26-30-42(38,35-21-11-5-12-22-35)36-23-13-6-14-24-36/h3-14,17-24,31-32H,27-28H2,1-2H3. The number of benzene rings is 4. The van der Waals surface area contributed by atoms with Crippen LogP contribution in [-0.4, -0.2) is 25.4 Å². The lowest BCUT2D eigenvalue weighted by atomic mass is 10.4.